The monoisotopic (exact) mass is 424 g/mol. The number of rotatable bonds is 8. The quantitative estimate of drug-likeness (QED) is 0.298. The van der Waals surface area contributed by atoms with Crippen molar-refractivity contribution in [3.05, 3.63) is 40.9 Å². The minimum Gasteiger partial charge on any atom is -0.490 e. The van der Waals surface area contributed by atoms with E-state index in [1.54, 1.807) is 30.0 Å². The number of urea groups is 1. The van der Waals surface area contributed by atoms with Gasteiger partial charge < -0.3 is 24.4 Å². The Labute approximate surface area is 174 Å². The molecule has 1 aliphatic heterocycles. The minimum atomic E-state index is -0.491. The number of nitrogens with one attached hydrogen (secondary N) is 1. The Hall–Kier alpha value is -2.58. The predicted octanol–water partition coefficient (Wildman–Crippen LogP) is 2.45. The highest BCUT2D eigenvalue weighted by atomic mass is 35.5. The zero-order valence-electron chi connectivity index (χ0n) is 16.5. The van der Waals surface area contributed by atoms with Crippen molar-refractivity contribution in [1.82, 2.24) is 10.2 Å². The third-order valence-corrected chi connectivity index (χ3v) is 4.37. The molecule has 1 N–H and O–H groups in total. The highest BCUT2D eigenvalue weighted by Gasteiger charge is 2.25. The second-order valence-corrected chi connectivity index (χ2v) is 7.03. The van der Waals surface area contributed by atoms with E-state index < -0.39 is 5.97 Å². The van der Waals surface area contributed by atoms with E-state index in [2.05, 4.69) is 11.9 Å². The number of hydrogen-bond acceptors (Lipinski definition) is 6. The fraction of sp³-hybridized carbons (Fsp3) is 0.450. The van der Waals surface area contributed by atoms with Gasteiger partial charge in [0.25, 0.3) is 0 Å². The lowest BCUT2D eigenvalue weighted by molar-refractivity contribution is -0.138. The summed E-state index contributed by atoms with van der Waals surface area (Å²) in [5, 5.41) is 3.15. The van der Waals surface area contributed by atoms with Gasteiger partial charge in [0.2, 0.25) is 0 Å². The van der Waals surface area contributed by atoms with Crippen molar-refractivity contribution in [2.75, 3.05) is 39.5 Å². The van der Waals surface area contributed by atoms with Gasteiger partial charge in [0.05, 0.1) is 25.3 Å². The summed E-state index contributed by atoms with van der Waals surface area (Å²) in [7, 11) is 0. The Morgan fingerprint density at radius 1 is 1.34 bits per heavy atom. The van der Waals surface area contributed by atoms with Crippen LogP contribution in [0.1, 0.15) is 24.2 Å². The summed E-state index contributed by atoms with van der Waals surface area (Å²) in [6.07, 6.45) is -0.341. The average molecular weight is 425 g/mol. The van der Waals surface area contributed by atoms with Gasteiger partial charge in [0, 0.05) is 17.1 Å². The van der Waals surface area contributed by atoms with Gasteiger partial charge in [-0.05, 0) is 32.0 Å². The molecular weight excluding hydrogens is 400 g/mol. The molecular formula is C20H25ClN2O6. The molecule has 2 amide bonds. The Morgan fingerprint density at radius 2 is 2.10 bits per heavy atom. The van der Waals surface area contributed by atoms with Crippen LogP contribution in [0.2, 0.25) is 5.02 Å². The van der Waals surface area contributed by atoms with Gasteiger partial charge in [-0.15, -0.1) is 0 Å². The molecule has 1 fully saturated rings. The standard InChI is InChI=1S/C20H25ClN2O6/c1-13(2)19(25)28-8-6-22-20(26)23-7-9-27-16(11-23)12-29-18-5-4-15(21)10-17(18)14(3)24/h4-5,10,16H,1,6-9,11-12H2,2-3H3,(H,22,26). The molecule has 2 rings (SSSR count). The van der Waals surface area contributed by atoms with Crippen LogP contribution < -0.4 is 10.1 Å². The van der Waals surface area contributed by atoms with E-state index in [1.165, 1.54) is 6.92 Å². The topological polar surface area (TPSA) is 94.2 Å². The molecule has 1 saturated heterocycles. The summed E-state index contributed by atoms with van der Waals surface area (Å²) in [5.74, 6) is -0.221. The molecule has 0 spiro atoms. The van der Waals surface area contributed by atoms with Gasteiger partial charge in [-0.2, -0.15) is 0 Å². The molecule has 1 atom stereocenters. The van der Waals surface area contributed by atoms with E-state index in [1.807, 2.05) is 0 Å². The van der Waals surface area contributed by atoms with Crippen LogP contribution in [0, 0.1) is 0 Å². The zero-order valence-corrected chi connectivity index (χ0v) is 17.3. The third kappa shape index (κ3) is 7.07. The van der Waals surface area contributed by atoms with Gasteiger partial charge in [0.1, 0.15) is 25.1 Å². The van der Waals surface area contributed by atoms with E-state index in [0.29, 0.717) is 41.6 Å². The van der Waals surface area contributed by atoms with Gasteiger partial charge >= 0.3 is 12.0 Å². The number of amides is 2. The molecule has 9 heteroatoms. The van der Waals surface area contributed by atoms with Crippen molar-refractivity contribution in [3.63, 3.8) is 0 Å². The van der Waals surface area contributed by atoms with Crippen molar-refractivity contribution >= 4 is 29.4 Å². The number of morpholine rings is 1. The summed E-state index contributed by atoms with van der Waals surface area (Å²) in [6, 6.07) is 4.56. The van der Waals surface area contributed by atoms with E-state index in [9.17, 15) is 14.4 Å². The Morgan fingerprint density at radius 3 is 2.79 bits per heavy atom. The van der Waals surface area contributed by atoms with Gasteiger partial charge in [-0.1, -0.05) is 18.2 Å². The molecule has 29 heavy (non-hydrogen) atoms. The third-order valence-electron chi connectivity index (χ3n) is 4.13. The summed E-state index contributed by atoms with van der Waals surface area (Å²) in [6.45, 7) is 8.07. The molecule has 1 aliphatic rings. The second-order valence-electron chi connectivity index (χ2n) is 6.59. The maximum atomic E-state index is 12.3. The largest absolute Gasteiger partial charge is 0.490 e. The van der Waals surface area contributed by atoms with Crippen LogP contribution in [0.15, 0.2) is 30.4 Å². The van der Waals surface area contributed by atoms with E-state index in [-0.39, 0.29) is 37.7 Å². The van der Waals surface area contributed by atoms with Crippen LogP contribution in [-0.4, -0.2) is 68.2 Å². The number of nitrogens with zero attached hydrogens (tertiary/aromatic N) is 1. The number of esters is 1. The molecule has 1 aromatic carbocycles. The first kappa shape index (κ1) is 22.7. The first-order valence-electron chi connectivity index (χ1n) is 9.18. The highest BCUT2D eigenvalue weighted by Crippen LogP contribution is 2.24. The van der Waals surface area contributed by atoms with Crippen LogP contribution >= 0.6 is 11.6 Å². The lowest BCUT2D eigenvalue weighted by Crippen LogP contribution is -2.51. The van der Waals surface area contributed by atoms with Gasteiger partial charge in [-0.3, -0.25) is 4.79 Å². The summed E-state index contributed by atoms with van der Waals surface area (Å²) >= 11 is 5.93. The molecule has 0 radical (unpaired) electrons. The van der Waals surface area contributed by atoms with Crippen molar-refractivity contribution in [3.8, 4) is 5.75 Å². The molecule has 1 aromatic rings. The number of Topliss-reactive ketones (excluding diaryl/α,β-unsaturated/α-hetero) is 1. The summed E-state index contributed by atoms with van der Waals surface area (Å²) < 4.78 is 16.3. The summed E-state index contributed by atoms with van der Waals surface area (Å²) in [4.78, 5) is 36.9. The number of ketones is 1. The number of carbonyl (C=O) groups is 3. The van der Waals surface area contributed by atoms with Crippen molar-refractivity contribution in [2.45, 2.75) is 20.0 Å². The van der Waals surface area contributed by atoms with E-state index in [4.69, 9.17) is 25.8 Å². The maximum absolute atomic E-state index is 12.3. The molecule has 0 saturated carbocycles. The SMILES string of the molecule is C=C(C)C(=O)OCCNC(=O)N1CCOC(COc2ccc(Cl)cc2C(C)=O)C1. The zero-order chi connectivity index (χ0) is 21.4. The lowest BCUT2D eigenvalue weighted by atomic mass is 10.1. The molecule has 1 heterocycles. The molecule has 0 aromatic heterocycles. The number of halogens is 1. The number of ether oxygens (including phenoxy) is 3. The fourth-order valence-corrected chi connectivity index (χ4v) is 2.80. The van der Waals surface area contributed by atoms with Gasteiger partial charge in [0.15, 0.2) is 5.78 Å². The smallest absolute Gasteiger partial charge is 0.333 e. The van der Waals surface area contributed by atoms with Crippen molar-refractivity contribution in [1.29, 1.82) is 0 Å². The number of benzene rings is 1. The van der Waals surface area contributed by atoms with Crippen molar-refractivity contribution in [2.24, 2.45) is 0 Å². The average Bonchev–Trinajstić information content (AvgIpc) is 2.69. The number of hydrogen-bond donors (Lipinski definition) is 1. The van der Waals surface area contributed by atoms with Crippen LogP contribution in [-0.2, 0) is 14.3 Å². The van der Waals surface area contributed by atoms with E-state index >= 15 is 0 Å². The Bertz CT molecular complexity index is 782. The molecule has 8 nitrogen and oxygen atoms in total. The Balaban J connectivity index is 1.80. The van der Waals surface area contributed by atoms with Crippen LogP contribution in [0.25, 0.3) is 0 Å². The van der Waals surface area contributed by atoms with Gasteiger partial charge in [-0.25, -0.2) is 9.59 Å². The number of carbonyl (C=O) groups excluding carboxylic acids is 3. The first-order valence-corrected chi connectivity index (χ1v) is 9.56. The van der Waals surface area contributed by atoms with Crippen LogP contribution in [0.3, 0.4) is 0 Å². The molecule has 0 bridgehead atoms. The van der Waals surface area contributed by atoms with Crippen LogP contribution in [0.4, 0.5) is 4.79 Å². The highest BCUT2D eigenvalue weighted by molar-refractivity contribution is 6.31. The summed E-state index contributed by atoms with van der Waals surface area (Å²) in [5.41, 5.74) is 0.702. The van der Waals surface area contributed by atoms with Crippen molar-refractivity contribution < 1.29 is 28.6 Å². The second kappa shape index (κ2) is 10.8. The lowest BCUT2D eigenvalue weighted by Gasteiger charge is -2.32. The molecule has 1 unspecified atom stereocenters. The molecule has 0 aliphatic carbocycles. The predicted molar refractivity (Wildman–Crippen MR) is 107 cm³/mol. The molecule has 158 valence electrons. The minimum absolute atomic E-state index is 0.0682. The maximum Gasteiger partial charge on any atom is 0.333 e. The fourth-order valence-electron chi connectivity index (χ4n) is 2.63. The van der Waals surface area contributed by atoms with Crippen LogP contribution in [0.5, 0.6) is 5.75 Å². The Kier molecular flexibility index (Phi) is 8.48. The normalized spacial score (nSPS) is 16.1. The first-order chi connectivity index (χ1) is 13.8. The van der Waals surface area contributed by atoms with E-state index in [0.717, 1.165) is 0 Å².